The van der Waals surface area contributed by atoms with Gasteiger partial charge >= 0.3 is 5.97 Å². The highest BCUT2D eigenvalue weighted by atomic mass is 79.9. The molecule has 0 unspecified atom stereocenters. The molecule has 9 nitrogen and oxygen atoms in total. The van der Waals surface area contributed by atoms with Gasteiger partial charge in [-0.3, -0.25) is 4.72 Å². The number of ether oxygens (including phenoxy) is 4. The fraction of sp³-hybridized carbons (Fsp3) is 0.235. The van der Waals surface area contributed by atoms with Gasteiger partial charge in [0.15, 0.2) is 11.5 Å². The quantitative estimate of drug-likeness (QED) is 0.597. The zero-order valence-corrected chi connectivity index (χ0v) is 17.8. The summed E-state index contributed by atoms with van der Waals surface area (Å²) in [5, 5.41) is 9.49. The smallest absolute Gasteiger partial charge is 0.338 e. The number of hydrogen-bond donors (Lipinski definition) is 2. The third kappa shape index (κ3) is 4.25. The van der Waals surface area contributed by atoms with Crippen LogP contribution in [0.4, 0.5) is 5.69 Å². The van der Waals surface area contributed by atoms with Crippen molar-refractivity contribution in [2.24, 2.45) is 0 Å². The van der Waals surface area contributed by atoms with Crippen molar-refractivity contribution in [3.8, 4) is 23.0 Å². The average Bonchev–Trinajstić information content (AvgIpc) is 2.66. The first-order valence-electron chi connectivity index (χ1n) is 7.62. The van der Waals surface area contributed by atoms with E-state index in [9.17, 15) is 18.3 Å². The predicted octanol–water partition coefficient (Wildman–Crippen LogP) is 2.98. The number of anilines is 1. The van der Waals surface area contributed by atoms with Crippen LogP contribution in [-0.2, 0) is 10.0 Å². The zero-order chi connectivity index (χ0) is 21.1. The first-order chi connectivity index (χ1) is 13.2. The molecule has 0 aromatic heterocycles. The summed E-state index contributed by atoms with van der Waals surface area (Å²) in [5.74, 6) is -0.671. The van der Waals surface area contributed by atoms with Crippen molar-refractivity contribution < 1.29 is 37.3 Å². The van der Waals surface area contributed by atoms with Crippen molar-refractivity contribution in [1.82, 2.24) is 0 Å². The van der Waals surface area contributed by atoms with Crippen molar-refractivity contribution in [2.45, 2.75) is 4.90 Å². The third-order valence-electron chi connectivity index (χ3n) is 3.73. The van der Waals surface area contributed by atoms with Crippen LogP contribution in [0.25, 0.3) is 0 Å². The minimum absolute atomic E-state index is 0.0167. The minimum atomic E-state index is -4.23. The molecule has 2 aromatic carbocycles. The van der Waals surface area contributed by atoms with Gasteiger partial charge in [-0.05, 0) is 28.1 Å². The van der Waals surface area contributed by atoms with E-state index in [4.69, 9.17) is 18.9 Å². The molecular weight excluding hydrogens is 458 g/mol. The number of methoxy groups -OCH3 is 4. The summed E-state index contributed by atoms with van der Waals surface area (Å²) in [7, 11) is 1.19. The van der Waals surface area contributed by atoms with Crippen LogP contribution in [0.3, 0.4) is 0 Å². The van der Waals surface area contributed by atoms with E-state index in [1.165, 1.54) is 52.7 Å². The summed E-state index contributed by atoms with van der Waals surface area (Å²) < 4.78 is 48.9. The molecule has 0 aliphatic carbocycles. The Kier molecular flexibility index (Phi) is 6.62. The number of hydrogen-bond acceptors (Lipinski definition) is 7. The Morgan fingerprint density at radius 2 is 1.50 bits per heavy atom. The molecule has 152 valence electrons. The topological polar surface area (TPSA) is 120 Å². The molecule has 2 rings (SSSR count). The highest BCUT2D eigenvalue weighted by Gasteiger charge is 2.26. The monoisotopic (exact) mass is 475 g/mol. The largest absolute Gasteiger partial charge is 0.497 e. The second-order valence-corrected chi connectivity index (χ2v) is 7.81. The molecule has 0 heterocycles. The second-order valence-electron chi connectivity index (χ2n) is 5.30. The van der Waals surface area contributed by atoms with E-state index < -0.39 is 16.0 Å². The van der Waals surface area contributed by atoms with Crippen molar-refractivity contribution in [2.75, 3.05) is 33.2 Å². The van der Waals surface area contributed by atoms with E-state index in [0.29, 0.717) is 5.75 Å². The summed E-state index contributed by atoms with van der Waals surface area (Å²) >= 11 is 3.18. The number of sulfonamides is 1. The maximum Gasteiger partial charge on any atom is 0.338 e. The van der Waals surface area contributed by atoms with E-state index >= 15 is 0 Å². The average molecular weight is 476 g/mol. The van der Waals surface area contributed by atoms with E-state index in [1.807, 2.05) is 0 Å². The number of carboxylic acid groups (broad SMARTS) is 1. The fourth-order valence-corrected chi connectivity index (χ4v) is 4.50. The summed E-state index contributed by atoms with van der Waals surface area (Å²) in [6, 6.07) is 5.23. The Morgan fingerprint density at radius 3 is 2.00 bits per heavy atom. The maximum absolute atomic E-state index is 13.0. The van der Waals surface area contributed by atoms with E-state index in [-0.39, 0.29) is 37.9 Å². The Hall–Kier alpha value is -2.66. The van der Waals surface area contributed by atoms with E-state index in [1.54, 1.807) is 0 Å². The molecule has 0 saturated heterocycles. The van der Waals surface area contributed by atoms with Gasteiger partial charge in [0.25, 0.3) is 10.0 Å². The molecule has 2 N–H and O–H groups in total. The van der Waals surface area contributed by atoms with Crippen LogP contribution in [-0.4, -0.2) is 47.9 Å². The molecule has 0 fully saturated rings. The standard InChI is InChI=1S/C17H18BrNO8S/c1-24-9-5-10(17(20)21)16(14(6-9)27-4)19-28(22,23)15-8-13(26-3)12(25-2)7-11(15)18/h5-8,19H,1-4H3,(H,20,21). The van der Waals surface area contributed by atoms with Crippen LogP contribution in [0.15, 0.2) is 33.6 Å². The molecular formula is C17H18BrNO8S. The van der Waals surface area contributed by atoms with Gasteiger partial charge < -0.3 is 24.1 Å². The lowest BCUT2D eigenvalue weighted by Crippen LogP contribution is -2.17. The predicted molar refractivity (Wildman–Crippen MR) is 105 cm³/mol. The van der Waals surface area contributed by atoms with Crippen molar-refractivity contribution in [3.05, 3.63) is 34.3 Å². The summed E-state index contributed by atoms with van der Waals surface area (Å²) in [6.45, 7) is 0. The summed E-state index contributed by atoms with van der Waals surface area (Å²) in [6.07, 6.45) is 0. The Morgan fingerprint density at radius 1 is 0.929 bits per heavy atom. The van der Waals surface area contributed by atoms with Gasteiger partial charge in [0.05, 0.1) is 34.0 Å². The molecule has 0 amide bonds. The van der Waals surface area contributed by atoms with Gasteiger partial charge in [0.2, 0.25) is 0 Å². The van der Waals surface area contributed by atoms with Crippen molar-refractivity contribution in [3.63, 3.8) is 0 Å². The molecule has 0 atom stereocenters. The summed E-state index contributed by atoms with van der Waals surface area (Å²) in [5.41, 5.74) is -0.575. The Labute approximate surface area is 170 Å². The number of rotatable bonds is 8. The highest BCUT2D eigenvalue weighted by molar-refractivity contribution is 9.10. The molecule has 2 aromatic rings. The number of halogens is 1. The number of nitrogens with one attached hydrogen (secondary N) is 1. The molecule has 0 saturated carbocycles. The van der Waals surface area contributed by atoms with Gasteiger partial charge in [-0.15, -0.1) is 0 Å². The SMILES string of the molecule is COc1cc(OC)c(NS(=O)(=O)c2cc(OC)c(OC)cc2Br)c(C(=O)O)c1. The molecule has 11 heteroatoms. The second kappa shape index (κ2) is 8.57. The lowest BCUT2D eigenvalue weighted by atomic mass is 10.1. The van der Waals surface area contributed by atoms with Crippen LogP contribution in [0.2, 0.25) is 0 Å². The van der Waals surface area contributed by atoms with Gasteiger partial charge in [0, 0.05) is 16.6 Å². The molecule has 0 aliphatic rings. The van der Waals surface area contributed by atoms with Crippen LogP contribution in [0, 0.1) is 0 Å². The molecule has 0 radical (unpaired) electrons. The van der Waals surface area contributed by atoms with Crippen LogP contribution in [0.5, 0.6) is 23.0 Å². The van der Waals surface area contributed by atoms with Crippen LogP contribution >= 0.6 is 15.9 Å². The molecule has 0 bridgehead atoms. The van der Waals surface area contributed by atoms with E-state index in [0.717, 1.165) is 0 Å². The first kappa shape index (κ1) is 21.6. The zero-order valence-electron chi connectivity index (χ0n) is 15.4. The van der Waals surface area contributed by atoms with Crippen molar-refractivity contribution in [1.29, 1.82) is 0 Å². The highest BCUT2D eigenvalue weighted by Crippen LogP contribution is 2.39. The number of carbonyl (C=O) groups is 1. The van der Waals surface area contributed by atoms with Gasteiger partial charge in [0.1, 0.15) is 22.1 Å². The van der Waals surface area contributed by atoms with E-state index in [2.05, 4.69) is 20.7 Å². The molecule has 0 spiro atoms. The normalized spacial score (nSPS) is 10.9. The third-order valence-corrected chi connectivity index (χ3v) is 6.03. The van der Waals surface area contributed by atoms with Crippen LogP contribution < -0.4 is 23.7 Å². The van der Waals surface area contributed by atoms with Crippen molar-refractivity contribution >= 4 is 37.6 Å². The van der Waals surface area contributed by atoms with Gasteiger partial charge in [-0.1, -0.05) is 0 Å². The Bertz CT molecular complexity index is 1010. The number of benzene rings is 2. The number of aromatic carboxylic acids is 1. The lowest BCUT2D eigenvalue weighted by Gasteiger charge is -2.17. The first-order valence-corrected chi connectivity index (χ1v) is 9.89. The van der Waals surface area contributed by atoms with Gasteiger partial charge in [-0.25, -0.2) is 13.2 Å². The van der Waals surface area contributed by atoms with Crippen LogP contribution in [0.1, 0.15) is 10.4 Å². The Balaban J connectivity index is 2.63. The minimum Gasteiger partial charge on any atom is -0.497 e. The maximum atomic E-state index is 13.0. The lowest BCUT2D eigenvalue weighted by molar-refractivity contribution is 0.0697. The van der Waals surface area contributed by atoms with Gasteiger partial charge in [-0.2, -0.15) is 0 Å². The summed E-state index contributed by atoms with van der Waals surface area (Å²) in [4.78, 5) is 11.5. The molecule has 28 heavy (non-hydrogen) atoms. The number of carboxylic acids is 1. The fourth-order valence-electron chi connectivity index (χ4n) is 2.37. The molecule has 0 aliphatic heterocycles.